The van der Waals surface area contributed by atoms with Gasteiger partial charge in [-0.2, -0.15) is 0 Å². The molecule has 2 rings (SSSR count). The van der Waals surface area contributed by atoms with E-state index in [0.717, 1.165) is 12.8 Å². The highest BCUT2D eigenvalue weighted by atomic mass is 35.5. The molecule has 1 aliphatic rings. The van der Waals surface area contributed by atoms with E-state index in [9.17, 15) is 9.59 Å². The summed E-state index contributed by atoms with van der Waals surface area (Å²) in [4.78, 5) is 23.8. The minimum atomic E-state index is -0.908. The molecule has 0 radical (unpaired) electrons. The molecule has 21 heavy (non-hydrogen) atoms. The quantitative estimate of drug-likeness (QED) is 0.848. The number of urea groups is 1. The maximum atomic E-state index is 11.9. The third-order valence-electron chi connectivity index (χ3n) is 3.90. The third kappa shape index (κ3) is 4.11. The standard InChI is InChI=1S/C15H19ClN2O3/c1-18(9-6-13(19)20)14(21)17-10-15(7-8-15)11-2-4-12(16)5-3-11/h2-5H,6-10H2,1H3,(H,17,21)(H,19,20). The van der Waals surface area contributed by atoms with Crippen LogP contribution in [0.3, 0.4) is 0 Å². The van der Waals surface area contributed by atoms with E-state index in [1.54, 1.807) is 7.05 Å². The van der Waals surface area contributed by atoms with Crippen LogP contribution in [-0.4, -0.2) is 42.1 Å². The number of halogens is 1. The van der Waals surface area contributed by atoms with Gasteiger partial charge < -0.3 is 15.3 Å². The molecule has 0 atom stereocenters. The van der Waals surface area contributed by atoms with Crippen molar-refractivity contribution in [1.29, 1.82) is 0 Å². The predicted molar refractivity (Wildman–Crippen MR) is 80.6 cm³/mol. The maximum absolute atomic E-state index is 11.9. The van der Waals surface area contributed by atoms with Gasteiger partial charge in [-0.25, -0.2) is 4.79 Å². The number of hydrogen-bond donors (Lipinski definition) is 2. The van der Waals surface area contributed by atoms with Crippen LogP contribution in [0, 0.1) is 0 Å². The van der Waals surface area contributed by atoms with Crippen molar-refractivity contribution in [3.05, 3.63) is 34.9 Å². The molecule has 1 aliphatic carbocycles. The van der Waals surface area contributed by atoms with E-state index in [2.05, 4.69) is 5.32 Å². The number of aliphatic carboxylic acids is 1. The van der Waals surface area contributed by atoms with Gasteiger partial charge in [-0.15, -0.1) is 0 Å². The number of carbonyl (C=O) groups is 2. The first-order chi connectivity index (χ1) is 9.93. The molecule has 1 saturated carbocycles. The molecule has 0 spiro atoms. The van der Waals surface area contributed by atoms with Crippen molar-refractivity contribution in [3.63, 3.8) is 0 Å². The molecule has 2 N–H and O–H groups in total. The van der Waals surface area contributed by atoms with E-state index in [1.807, 2.05) is 24.3 Å². The molecule has 0 aliphatic heterocycles. The average molecular weight is 311 g/mol. The Morgan fingerprint density at radius 1 is 1.33 bits per heavy atom. The Labute approximate surface area is 128 Å². The van der Waals surface area contributed by atoms with Gasteiger partial charge in [0.2, 0.25) is 0 Å². The van der Waals surface area contributed by atoms with E-state index >= 15 is 0 Å². The summed E-state index contributed by atoms with van der Waals surface area (Å²) in [5.74, 6) is -0.908. The van der Waals surface area contributed by atoms with Crippen LogP contribution in [0.25, 0.3) is 0 Å². The summed E-state index contributed by atoms with van der Waals surface area (Å²) < 4.78 is 0. The van der Waals surface area contributed by atoms with E-state index in [4.69, 9.17) is 16.7 Å². The molecule has 0 unspecified atom stereocenters. The second-order valence-electron chi connectivity index (χ2n) is 5.51. The molecule has 1 aromatic carbocycles. The highest BCUT2D eigenvalue weighted by molar-refractivity contribution is 6.30. The molecule has 0 bridgehead atoms. The number of nitrogens with one attached hydrogen (secondary N) is 1. The summed E-state index contributed by atoms with van der Waals surface area (Å²) in [6.45, 7) is 0.764. The van der Waals surface area contributed by atoms with Crippen molar-refractivity contribution in [3.8, 4) is 0 Å². The number of benzene rings is 1. The highest BCUT2D eigenvalue weighted by Gasteiger charge is 2.44. The van der Waals surface area contributed by atoms with Crippen LogP contribution in [0.4, 0.5) is 4.79 Å². The van der Waals surface area contributed by atoms with Crippen LogP contribution in [0.5, 0.6) is 0 Å². The zero-order valence-corrected chi connectivity index (χ0v) is 12.7. The highest BCUT2D eigenvalue weighted by Crippen LogP contribution is 2.47. The minimum absolute atomic E-state index is 0.00782. The number of carboxylic acid groups (broad SMARTS) is 1. The Kier molecular flexibility index (Phi) is 4.73. The number of amides is 2. The lowest BCUT2D eigenvalue weighted by molar-refractivity contribution is -0.137. The second-order valence-corrected chi connectivity index (χ2v) is 5.95. The van der Waals surface area contributed by atoms with E-state index in [0.29, 0.717) is 11.6 Å². The van der Waals surface area contributed by atoms with E-state index < -0.39 is 5.97 Å². The van der Waals surface area contributed by atoms with Crippen LogP contribution in [0.1, 0.15) is 24.8 Å². The predicted octanol–water partition coefficient (Wildman–Crippen LogP) is 2.49. The summed E-state index contributed by atoms with van der Waals surface area (Å²) >= 11 is 5.89. The molecule has 114 valence electrons. The number of hydrogen-bond acceptors (Lipinski definition) is 2. The molecule has 5 nitrogen and oxygen atoms in total. The molecular formula is C15H19ClN2O3. The van der Waals surface area contributed by atoms with Crippen LogP contribution >= 0.6 is 11.6 Å². The van der Waals surface area contributed by atoms with E-state index in [-0.39, 0.29) is 24.4 Å². The van der Waals surface area contributed by atoms with Crippen molar-refractivity contribution in [2.24, 2.45) is 0 Å². The molecule has 1 fully saturated rings. The first-order valence-corrected chi connectivity index (χ1v) is 7.27. The molecule has 0 saturated heterocycles. The smallest absolute Gasteiger partial charge is 0.317 e. The fourth-order valence-electron chi connectivity index (χ4n) is 2.27. The fourth-order valence-corrected chi connectivity index (χ4v) is 2.39. The van der Waals surface area contributed by atoms with Crippen LogP contribution in [0.2, 0.25) is 5.02 Å². The lowest BCUT2D eigenvalue weighted by atomic mass is 9.96. The summed E-state index contributed by atoms with van der Waals surface area (Å²) in [6.07, 6.45) is 2.02. The Morgan fingerprint density at radius 2 is 1.95 bits per heavy atom. The summed E-state index contributed by atoms with van der Waals surface area (Å²) in [5.41, 5.74) is 1.19. The van der Waals surface area contributed by atoms with Gasteiger partial charge in [-0.3, -0.25) is 4.79 Å². The van der Waals surface area contributed by atoms with Crippen molar-refractivity contribution >= 4 is 23.6 Å². The average Bonchev–Trinajstić information content (AvgIpc) is 3.24. The maximum Gasteiger partial charge on any atom is 0.317 e. The van der Waals surface area contributed by atoms with Gasteiger partial charge in [-0.05, 0) is 30.5 Å². The van der Waals surface area contributed by atoms with Crippen LogP contribution < -0.4 is 5.32 Å². The summed E-state index contributed by atoms with van der Waals surface area (Å²) in [5, 5.41) is 12.2. The topological polar surface area (TPSA) is 69.6 Å². The second kappa shape index (κ2) is 6.35. The number of rotatable bonds is 6. The molecule has 0 heterocycles. The Hall–Kier alpha value is -1.75. The van der Waals surface area contributed by atoms with Gasteiger partial charge >= 0.3 is 12.0 Å². The van der Waals surface area contributed by atoms with E-state index in [1.165, 1.54) is 10.5 Å². The van der Waals surface area contributed by atoms with Crippen molar-refractivity contribution < 1.29 is 14.7 Å². The first kappa shape index (κ1) is 15.6. The van der Waals surface area contributed by atoms with Gasteiger partial charge in [0.15, 0.2) is 0 Å². The number of carbonyl (C=O) groups excluding carboxylic acids is 1. The van der Waals surface area contributed by atoms with Gasteiger partial charge in [0, 0.05) is 30.6 Å². The molecule has 6 heteroatoms. The molecule has 0 aromatic heterocycles. The van der Waals surface area contributed by atoms with Crippen molar-refractivity contribution in [2.75, 3.05) is 20.1 Å². The third-order valence-corrected chi connectivity index (χ3v) is 4.15. The SMILES string of the molecule is CN(CCC(=O)O)C(=O)NCC1(c2ccc(Cl)cc2)CC1. The minimum Gasteiger partial charge on any atom is -0.481 e. The fraction of sp³-hybridized carbons (Fsp3) is 0.467. The van der Waals surface area contributed by atoms with Gasteiger partial charge in [-0.1, -0.05) is 23.7 Å². The van der Waals surface area contributed by atoms with Crippen LogP contribution in [-0.2, 0) is 10.2 Å². The van der Waals surface area contributed by atoms with Crippen molar-refractivity contribution in [2.45, 2.75) is 24.7 Å². The van der Waals surface area contributed by atoms with Crippen molar-refractivity contribution in [1.82, 2.24) is 10.2 Å². The normalized spacial score (nSPS) is 15.3. The van der Waals surface area contributed by atoms with Gasteiger partial charge in [0.1, 0.15) is 0 Å². The van der Waals surface area contributed by atoms with Crippen LogP contribution in [0.15, 0.2) is 24.3 Å². The van der Waals surface area contributed by atoms with Gasteiger partial charge in [0.05, 0.1) is 6.42 Å². The first-order valence-electron chi connectivity index (χ1n) is 6.90. The zero-order valence-electron chi connectivity index (χ0n) is 11.9. The largest absolute Gasteiger partial charge is 0.481 e. The molecule has 2 amide bonds. The Balaban J connectivity index is 1.86. The number of carboxylic acids is 1. The Bertz CT molecular complexity index is 526. The zero-order chi connectivity index (χ0) is 15.5. The summed E-state index contributed by atoms with van der Waals surface area (Å²) in [6, 6.07) is 7.47. The molecular weight excluding hydrogens is 292 g/mol. The monoisotopic (exact) mass is 310 g/mol. The Morgan fingerprint density at radius 3 is 2.48 bits per heavy atom. The lowest BCUT2D eigenvalue weighted by Crippen LogP contribution is -2.41. The van der Waals surface area contributed by atoms with Gasteiger partial charge in [0.25, 0.3) is 0 Å². The molecule has 1 aromatic rings. The summed E-state index contributed by atoms with van der Waals surface area (Å²) in [7, 11) is 1.60. The number of nitrogens with zero attached hydrogens (tertiary/aromatic N) is 1. The lowest BCUT2D eigenvalue weighted by Gasteiger charge is -2.21.